The maximum Gasteiger partial charge on any atom is 0.349 e. The number of aromatic nitrogens is 1. The van der Waals surface area contributed by atoms with E-state index >= 15 is 0 Å². The molecule has 0 unspecified atom stereocenters. The molecule has 2 heterocycles. The van der Waals surface area contributed by atoms with Gasteiger partial charge in [-0.15, -0.1) is 0 Å². The molecular formula is C19H18N2O3. The van der Waals surface area contributed by atoms with E-state index in [1.807, 2.05) is 31.2 Å². The molecule has 0 aliphatic heterocycles. The molecule has 5 nitrogen and oxygen atoms in total. The summed E-state index contributed by atoms with van der Waals surface area (Å²) in [5.74, 6) is -0.300. The summed E-state index contributed by atoms with van der Waals surface area (Å²) in [7, 11) is 0. The van der Waals surface area contributed by atoms with Crippen LogP contribution < -0.4 is 5.63 Å². The third-order valence-corrected chi connectivity index (χ3v) is 3.96. The number of carbonyl (C=O) groups is 1. The lowest BCUT2D eigenvalue weighted by molar-refractivity contribution is 0.0762. The van der Waals surface area contributed by atoms with E-state index in [9.17, 15) is 9.59 Å². The fraction of sp³-hybridized carbons (Fsp3) is 0.211. The third kappa shape index (κ3) is 3.35. The van der Waals surface area contributed by atoms with Gasteiger partial charge in [0, 0.05) is 30.9 Å². The van der Waals surface area contributed by atoms with Gasteiger partial charge >= 0.3 is 5.63 Å². The van der Waals surface area contributed by atoms with Crippen LogP contribution in [0.25, 0.3) is 11.0 Å². The van der Waals surface area contributed by atoms with Crippen LogP contribution in [0.3, 0.4) is 0 Å². The molecule has 5 heteroatoms. The standard InChI is InChI=1S/C19H18N2O3/c1-2-21(12-9-14-7-10-20-11-8-14)18(22)16-13-15-5-3-4-6-17(15)24-19(16)23/h3-8,10-11,13H,2,9,12H2,1H3. The SMILES string of the molecule is CCN(CCc1ccncc1)C(=O)c1cc2ccccc2oc1=O. The zero-order valence-corrected chi connectivity index (χ0v) is 13.4. The van der Waals surface area contributed by atoms with Crippen LogP contribution in [-0.4, -0.2) is 28.9 Å². The number of carbonyl (C=O) groups excluding carboxylic acids is 1. The lowest BCUT2D eigenvalue weighted by Crippen LogP contribution is -2.35. The largest absolute Gasteiger partial charge is 0.422 e. The van der Waals surface area contributed by atoms with Crippen molar-refractivity contribution >= 4 is 16.9 Å². The van der Waals surface area contributed by atoms with Crippen molar-refractivity contribution in [2.75, 3.05) is 13.1 Å². The minimum Gasteiger partial charge on any atom is -0.422 e. The Kier molecular flexibility index (Phi) is 4.70. The lowest BCUT2D eigenvalue weighted by atomic mass is 10.1. The number of nitrogens with zero attached hydrogens (tertiary/aromatic N) is 2. The predicted octanol–water partition coefficient (Wildman–Crippen LogP) is 2.89. The number of pyridine rings is 1. The van der Waals surface area contributed by atoms with Crippen LogP contribution in [-0.2, 0) is 6.42 Å². The summed E-state index contributed by atoms with van der Waals surface area (Å²) in [4.78, 5) is 30.5. The Labute approximate surface area is 139 Å². The first kappa shape index (κ1) is 15.9. The second-order valence-electron chi connectivity index (χ2n) is 5.48. The molecule has 24 heavy (non-hydrogen) atoms. The summed E-state index contributed by atoms with van der Waals surface area (Å²) in [5.41, 5.74) is 1.06. The van der Waals surface area contributed by atoms with Gasteiger partial charge in [-0.25, -0.2) is 4.79 Å². The first-order valence-electron chi connectivity index (χ1n) is 7.90. The normalized spacial score (nSPS) is 10.7. The van der Waals surface area contributed by atoms with Gasteiger partial charge in [0.15, 0.2) is 0 Å². The smallest absolute Gasteiger partial charge is 0.349 e. The number of benzene rings is 1. The molecule has 3 rings (SSSR count). The van der Waals surface area contributed by atoms with Gasteiger partial charge in [0.25, 0.3) is 5.91 Å². The summed E-state index contributed by atoms with van der Waals surface area (Å²) in [5, 5.41) is 0.741. The number of amides is 1. The molecule has 0 saturated heterocycles. The number of hydrogen-bond donors (Lipinski definition) is 0. The maximum absolute atomic E-state index is 12.7. The van der Waals surface area contributed by atoms with Crippen LogP contribution in [0.4, 0.5) is 0 Å². The van der Waals surface area contributed by atoms with E-state index in [1.54, 1.807) is 35.5 Å². The number of rotatable bonds is 5. The van der Waals surface area contributed by atoms with Gasteiger partial charge in [0.05, 0.1) is 0 Å². The summed E-state index contributed by atoms with van der Waals surface area (Å²) >= 11 is 0. The third-order valence-electron chi connectivity index (χ3n) is 3.96. The summed E-state index contributed by atoms with van der Waals surface area (Å²) in [6, 6.07) is 12.6. The van der Waals surface area contributed by atoms with Crippen molar-refractivity contribution in [3.05, 3.63) is 76.4 Å². The summed E-state index contributed by atoms with van der Waals surface area (Å²) in [6.07, 6.45) is 4.16. The highest BCUT2D eigenvalue weighted by atomic mass is 16.4. The Morgan fingerprint density at radius 3 is 2.67 bits per heavy atom. The number of hydrogen-bond acceptors (Lipinski definition) is 4. The van der Waals surface area contributed by atoms with Crippen molar-refractivity contribution in [1.82, 2.24) is 9.88 Å². The van der Waals surface area contributed by atoms with Crippen molar-refractivity contribution in [3.8, 4) is 0 Å². The van der Waals surface area contributed by atoms with Gasteiger partial charge in [0.2, 0.25) is 0 Å². The van der Waals surface area contributed by atoms with Crippen molar-refractivity contribution in [1.29, 1.82) is 0 Å². The van der Waals surface area contributed by atoms with E-state index in [2.05, 4.69) is 4.98 Å². The van der Waals surface area contributed by atoms with E-state index in [0.29, 0.717) is 25.1 Å². The Morgan fingerprint density at radius 2 is 1.92 bits per heavy atom. The van der Waals surface area contributed by atoms with E-state index in [1.165, 1.54) is 0 Å². The number of para-hydroxylation sites is 1. The molecule has 0 aliphatic carbocycles. The molecular weight excluding hydrogens is 304 g/mol. The zero-order valence-electron chi connectivity index (χ0n) is 13.4. The summed E-state index contributed by atoms with van der Waals surface area (Å²) < 4.78 is 5.26. The first-order valence-corrected chi connectivity index (χ1v) is 7.90. The van der Waals surface area contributed by atoms with Crippen LogP contribution in [0.5, 0.6) is 0 Å². The average Bonchev–Trinajstić information content (AvgIpc) is 2.62. The molecule has 0 atom stereocenters. The Balaban J connectivity index is 1.83. The quantitative estimate of drug-likeness (QED) is 0.678. The van der Waals surface area contributed by atoms with Gasteiger partial charge in [-0.2, -0.15) is 0 Å². The van der Waals surface area contributed by atoms with Gasteiger partial charge < -0.3 is 9.32 Å². The molecule has 0 fully saturated rings. The van der Waals surface area contributed by atoms with Gasteiger partial charge in [0.1, 0.15) is 11.1 Å². The molecule has 0 N–H and O–H groups in total. The monoisotopic (exact) mass is 322 g/mol. The second-order valence-corrected chi connectivity index (χ2v) is 5.48. The van der Waals surface area contributed by atoms with Crippen LogP contribution in [0.1, 0.15) is 22.8 Å². The topological polar surface area (TPSA) is 63.4 Å². The Hall–Kier alpha value is -2.95. The number of fused-ring (bicyclic) bond motifs is 1. The molecule has 0 radical (unpaired) electrons. The maximum atomic E-state index is 12.7. The fourth-order valence-corrected chi connectivity index (χ4v) is 2.60. The first-order chi connectivity index (χ1) is 11.7. The number of likely N-dealkylation sites (N-methyl/N-ethyl adjacent to an activating group) is 1. The molecule has 122 valence electrons. The van der Waals surface area contributed by atoms with E-state index < -0.39 is 5.63 Å². The summed E-state index contributed by atoms with van der Waals surface area (Å²) in [6.45, 7) is 2.95. The van der Waals surface area contributed by atoms with Crippen molar-refractivity contribution in [2.45, 2.75) is 13.3 Å². The van der Waals surface area contributed by atoms with Crippen LogP contribution >= 0.6 is 0 Å². The molecule has 0 bridgehead atoms. The molecule has 0 spiro atoms. The molecule has 1 amide bonds. The van der Waals surface area contributed by atoms with E-state index in [0.717, 1.165) is 10.9 Å². The van der Waals surface area contributed by atoms with Crippen molar-refractivity contribution < 1.29 is 9.21 Å². The highest BCUT2D eigenvalue weighted by Gasteiger charge is 2.19. The lowest BCUT2D eigenvalue weighted by Gasteiger charge is -2.20. The van der Waals surface area contributed by atoms with Crippen molar-refractivity contribution in [3.63, 3.8) is 0 Å². The van der Waals surface area contributed by atoms with Crippen molar-refractivity contribution in [2.24, 2.45) is 0 Å². The fourth-order valence-electron chi connectivity index (χ4n) is 2.60. The Bertz CT molecular complexity index is 903. The Morgan fingerprint density at radius 1 is 1.17 bits per heavy atom. The molecule has 0 aliphatic rings. The highest BCUT2D eigenvalue weighted by Crippen LogP contribution is 2.14. The molecule has 1 aromatic carbocycles. The molecule has 3 aromatic rings. The molecule has 0 saturated carbocycles. The van der Waals surface area contributed by atoms with Crippen LogP contribution in [0, 0.1) is 0 Å². The highest BCUT2D eigenvalue weighted by molar-refractivity contribution is 5.96. The second kappa shape index (κ2) is 7.08. The van der Waals surface area contributed by atoms with E-state index in [-0.39, 0.29) is 11.5 Å². The minimum atomic E-state index is -0.596. The minimum absolute atomic E-state index is 0.0743. The molecule has 2 aromatic heterocycles. The average molecular weight is 322 g/mol. The van der Waals surface area contributed by atoms with Gasteiger partial charge in [-0.05, 0) is 43.2 Å². The van der Waals surface area contributed by atoms with Gasteiger partial charge in [-0.1, -0.05) is 18.2 Å². The van der Waals surface area contributed by atoms with E-state index in [4.69, 9.17) is 4.42 Å². The van der Waals surface area contributed by atoms with Gasteiger partial charge in [-0.3, -0.25) is 9.78 Å². The zero-order chi connectivity index (χ0) is 16.9. The predicted molar refractivity (Wildman–Crippen MR) is 92.0 cm³/mol. The van der Waals surface area contributed by atoms with Crippen LogP contribution in [0.15, 0.2) is 64.1 Å². The van der Waals surface area contributed by atoms with Crippen LogP contribution in [0.2, 0.25) is 0 Å².